The molecule has 4 rings (SSSR count). The van der Waals surface area contributed by atoms with Crippen LogP contribution in [0.5, 0.6) is 5.75 Å². The third kappa shape index (κ3) is 5.27. The number of aromatic nitrogens is 2. The van der Waals surface area contributed by atoms with Crippen LogP contribution in [0.3, 0.4) is 0 Å². The summed E-state index contributed by atoms with van der Waals surface area (Å²) in [4.78, 5) is 22.6. The molecule has 1 unspecified atom stereocenters. The summed E-state index contributed by atoms with van der Waals surface area (Å²) in [5.74, 6) is -0.280. The standard InChI is InChI=1S/C24H26ClFN6O4/c1-3-32-11-24(35,12-33)13-36-19-8-7-14(9-18(19)32)29-23-28-10-16(25)21(31-23)30-20-15(22(34)27-2)5-4-6-17(20)26/h4-10,33,35H,3,11-13H2,1-2H3,(H,27,34)(H2,28,29,30,31). The predicted octanol–water partition coefficient (Wildman–Crippen LogP) is 3.06. The number of aliphatic hydroxyl groups is 2. The van der Waals surface area contributed by atoms with Crippen molar-refractivity contribution in [2.45, 2.75) is 12.5 Å². The van der Waals surface area contributed by atoms with Gasteiger partial charge in [0.15, 0.2) is 5.82 Å². The van der Waals surface area contributed by atoms with Gasteiger partial charge in [0, 0.05) is 19.3 Å². The van der Waals surface area contributed by atoms with Gasteiger partial charge in [-0.15, -0.1) is 0 Å². The first-order valence-corrected chi connectivity index (χ1v) is 11.6. The Morgan fingerprint density at radius 2 is 2.11 bits per heavy atom. The third-order valence-corrected chi connectivity index (χ3v) is 5.96. The number of anilines is 5. The van der Waals surface area contributed by atoms with Crippen molar-refractivity contribution >= 4 is 46.3 Å². The number of amides is 1. The molecule has 1 aromatic heterocycles. The number of carbonyl (C=O) groups is 1. The summed E-state index contributed by atoms with van der Waals surface area (Å²) in [5, 5.41) is 28.7. The lowest BCUT2D eigenvalue weighted by molar-refractivity contribution is -0.0374. The second-order valence-electron chi connectivity index (χ2n) is 8.25. The van der Waals surface area contributed by atoms with E-state index in [1.807, 2.05) is 17.9 Å². The van der Waals surface area contributed by atoms with E-state index in [9.17, 15) is 19.4 Å². The molecule has 0 aliphatic carbocycles. The molecule has 3 aromatic rings. The number of halogens is 2. The van der Waals surface area contributed by atoms with Gasteiger partial charge in [-0.3, -0.25) is 4.79 Å². The maximum absolute atomic E-state index is 14.6. The maximum atomic E-state index is 14.6. The molecule has 1 amide bonds. The first-order chi connectivity index (χ1) is 17.3. The normalized spacial score (nSPS) is 17.0. The van der Waals surface area contributed by atoms with Gasteiger partial charge < -0.3 is 35.8 Å². The number of benzene rings is 2. The smallest absolute Gasteiger partial charge is 0.253 e. The Morgan fingerprint density at radius 3 is 2.83 bits per heavy atom. The molecule has 12 heteroatoms. The van der Waals surface area contributed by atoms with Gasteiger partial charge in [-0.25, -0.2) is 9.37 Å². The fourth-order valence-corrected chi connectivity index (χ4v) is 3.92. The van der Waals surface area contributed by atoms with Crippen LogP contribution in [-0.2, 0) is 0 Å². The second kappa shape index (κ2) is 10.5. The minimum Gasteiger partial charge on any atom is -0.488 e. The molecule has 0 radical (unpaired) electrons. The van der Waals surface area contributed by atoms with Crippen molar-refractivity contribution in [3.8, 4) is 5.75 Å². The first-order valence-electron chi connectivity index (χ1n) is 11.2. The average Bonchev–Trinajstić information content (AvgIpc) is 3.03. The number of likely N-dealkylation sites (N-methyl/N-ethyl adjacent to an activating group) is 1. The third-order valence-electron chi connectivity index (χ3n) is 5.69. The summed E-state index contributed by atoms with van der Waals surface area (Å²) in [7, 11) is 1.45. The van der Waals surface area contributed by atoms with Crippen LogP contribution in [0.2, 0.25) is 5.02 Å². The number of carbonyl (C=O) groups excluding carboxylic acids is 1. The van der Waals surface area contributed by atoms with E-state index in [2.05, 4.69) is 25.9 Å². The highest BCUT2D eigenvalue weighted by atomic mass is 35.5. The van der Waals surface area contributed by atoms with Crippen molar-refractivity contribution in [3.05, 3.63) is 59.0 Å². The van der Waals surface area contributed by atoms with Crippen LogP contribution in [0, 0.1) is 5.82 Å². The number of para-hydroxylation sites is 1. The zero-order valence-corrected chi connectivity index (χ0v) is 20.4. The number of β-amino-alcohol motifs (C(OH)–C–C–N with tert-alkyl or cyclic N) is 1. The van der Waals surface area contributed by atoms with E-state index >= 15 is 0 Å². The quantitative estimate of drug-likeness (QED) is 0.321. The lowest BCUT2D eigenvalue weighted by Gasteiger charge is -2.29. The Bertz CT molecular complexity index is 1280. The topological polar surface area (TPSA) is 132 Å². The predicted molar refractivity (Wildman–Crippen MR) is 135 cm³/mol. The van der Waals surface area contributed by atoms with Crippen LogP contribution < -0.4 is 25.6 Å². The second-order valence-corrected chi connectivity index (χ2v) is 8.66. The van der Waals surface area contributed by atoms with Crippen LogP contribution >= 0.6 is 11.6 Å². The monoisotopic (exact) mass is 516 g/mol. The summed E-state index contributed by atoms with van der Waals surface area (Å²) in [6.07, 6.45) is 1.35. The summed E-state index contributed by atoms with van der Waals surface area (Å²) in [5.41, 5.74) is -0.0189. The average molecular weight is 517 g/mol. The highest BCUT2D eigenvalue weighted by Gasteiger charge is 2.34. The van der Waals surface area contributed by atoms with Crippen molar-refractivity contribution < 1.29 is 24.1 Å². The molecule has 1 aliphatic heterocycles. The zero-order chi connectivity index (χ0) is 25.9. The van der Waals surface area contributed by atoms with Gasteiger partial charge >= 0.3 is 0 Å². The van der Waals surface area contributed by atoms with E-state index in [0.717, 1.165) is 5.69 Å². The van der Waals surface area contributed by atoms with E-state index in [4.69, 9.17) is 16.3 Å². The summed E-state index contributed by atoms with van der Waals surface area (Å²) >= 11 is 6.25. The molecule has 2 aromatic carbocycles. The zero-order valence-electron chi connectivity index (χ0n) is 19.7. The number of rotatable bonds is 7. The molecule has 0 spiro atoms. The SMILES string of the molecule is CCN1CC(O)(CO)COc2ccc(Nc3ncc(Cl)c(Nc4c(F)cccc4C(=O)NC)n3)cc21. The largest absolute Gasteiger partial charge is 0.488 e. The summed E-state index contributed by atoms with van der Waals surface area (Å²) in [6.45, 7) is 2.23. The molecule has 2 heterocycles. The Morgan fingerprint density at radius 1 is 1.31 bits per heavy atom. The minimum atomic E-state index is -1.39. The van der Waals surface area contributed by atoms with Gasteiger partial charge in [0.1, 0.15) is 28.8 Å². The molecule has 0 fully saturated rings. The van der Waals surface area contributed by atoms with Crippen LogP contribution in [0.15, 0.2) is 42.6 Å². The Balaban J connectivity index is 1.62. The molecule has 0 saturated carbocycles. The van der Waals surface area contributed by atoms with Gasteiger partial charge in [-0.05, 0) is 37.3 Å². The number of nitrogens with one attached hydrogen (secondary N) is 3. The van der Waals surface area contributed by atoms with Crippen LogP contribution in [0.4, 0.5) is 33.2 Å². The van der Waals surface area contributed by atoms with Gasteiger partial charge in [-0.1, -0.05) is 17.7 Å². The molecule has 5 N–H and O–H groups in total. The van der Waals surface area contributed by atoms with Crippen LogP contribution in [-0.4, -0.2) is 65.0 Å². The minimum absolute atomic E-state index is 0.0385. The molecule has 10 nitrogen and oxygen atoms in total. The highest BCUT2D eigenvalue weighted by molar-refractivity contribution is 6.33. The van der Waals surface area contributed by atoms with Crippen molar-refractivity contribution in [2.24, 2.45) is 0 Å². The van der Waals surface area contributed by atoms with Gasteiger partial charge in [0.2, 0.25) is 5.95 Å². The molecular weight excluding hydrogens is 491 g/mol. The molecule has 1 atom stereocenters. The number of hydrogen-bond donors (Lipinski definition) is 5. The molecule has 1 aliphatic rings. The molecule has 36 heavy (non-hydrogen) atoms. The van der Waals surface area contributed by atoms with Gasteiger partial charge in [-0.2, -0.15) is 4.98 Å². The molecular formula is C24H26ClFN6O4. The number of nitrogens with zero attached hydrogens (tertiary/aromatic N) is 3. The van der Waals surface area contributed by atoms with E-state index in [1.54, 1.807) is 12.1 Å². The van der Waals surface area contributed by atoms with E-state index in [1.165, 1.54) is 31.4 Å². The lowest BCUT2D eigenvalue weighted by Crippen LogP contribution is -2.48. The van der Waals surface area contributed by atoms with Crippen molar-refractivity contribution in [1.82, 2.24) is 15.3 Å². The fourth-order valence-electron chi connectivity index (χ4n) is 3.78. The maximum Gasteiger partial charge on any atom is 0.253 e. The number of ether oxygens (including phenoxy) is 1. The first kappa shape index (κ1) is 25.4. The van der Waals surface area contributed by atoms with E-state index in [0.29, 0.717) is 18.0 Å². The molecule has 190 valence electrons. The van der Waals surface area contributed by atoms with E-state index in [-0.39, 0.29) is 41.2 Å². The highest BCUT2D eigenvalue weighted by Crippen LogP contribution is 2.36. The van der Waals surface area contributed by atoms with E-state index < -0.39 is 23.9 Å². The van der Waals surface area contributed by atoms with Gasteiger partial charge in [0.05, 0.1) is 36.3 Å². The fraction of sp³-hybridized carbons (Fsp3) is 0.292. The Hall–Kier alpha value is -3.67. The Labute approximate surface area is 212 Å². The molecule has 0 bridgehead atoms. The Kier molecular flexibility index (Phi) is 7.43. The van der Waals surface area contributed by atoms with Crippen molar-refractivity contribution in [1.29, 1.82) is 0 Å². The van der Waals surface area contributed by atoms with Crippen molar-refractivity contribution in [3.63, 3.8) is 0 Å². The number of aliphatic hydroxyl groups excluding tert-OH is 1. The lowest BCUT2D eigenvalue weighted by atomic mass is 10.1. The van der Waals surface area contributed by atoms with Gasteiger partial charge in [0.25, 0.3) is 5.91 Å². The number of fused-ring (bicyclic) bond motifs is 1. The number of hydrogen-bond acceptors (Lipinski definition) is 9. The van der Waals surface area contributed by atoms with Crippen LogP contribution in [0.25, 0.3) is 0 Å². The summed E-state index contributed by atoms with van der Waals surface area (Å²) in [6, 6.07) is 9.44. The van der Waals surface area contributed by atoms with Crippen molar-refractivity contribution in [2.75, 3.05) is 48.9 Å². The molecule has 0 saturated heterocycles. The summed E-state index contributed by atoms with van der Waals surface area (Å²) < 4.78 is 20.3. The van der Waals surface area contributed by atoms with Crippen LogP contribution in [0.1, 0.15) is 17.3 Å².